The largest absolute Gasteiger partial charge is 0.292 e. The van der Waals surface area contributed by atoms with E-state index in [1.54, 1.807) is 0 Å². The Morgan fingerprint density at radius 1 is 1.10 bits per heavy atom. The van der Waals surface area contributed by atoms with E-state index in [4.69, 9.17) is 0 Å². The summed E-state index contributed by atoms with van der Waals surface area (Å²) in [6.45, 7) is 0. The first-order chi connectivity index (χ1) is 9.66. The standard InChI is InChI=1S/C15H11F2NOS/c16-11-6-7-13(12(17)8-11)18-14(19)9-20-15(18)10-4-2-1-3-5-10/h1-8,15H,9H2/t15-/m0/s1. The molecular weight excluding hydrogens is 280 g/mol. The van der Waals surface area contributed by atoms with Crippen LogP contribution in [0.4, 0.5) is 14.5 Å². The summed E-state index contributed by atoms with van der Waals surface area (Å²) in [7, 11) is 0. The van der Waals surface area contributed by atoms with Crippen LogP contribution in [0.25, 0.3) is 0 Å². The van der Waals surface area contributed by atoms with Crippen molar-refractivity contribution in [1.29, 1.82) is 0 Å². The van der Waals surface area contributed by atoms with Crippen molar-refractivity contribution >= 4 is 23.4 Å². The topological polar surface area (TPSA) is 20.3 Å². The zero-order valence-electron chi connectivity index (χ0n) is 10.4. The van der Waals surface area contributed by atoms with Gasteiger partial charge in [-0.1, -0.05) is 30.3 Å². The maximum Gasteiger partial charge on any atom is 0.238 e. The lowest BCUT2D eigenvalue weighted by molar-refractivity contribution is -0.115. The number of benzene rings is 2. The van der Waals surface area contributed by atoms with E-state index in [2.05, 4.69) is 0 Å². The van der Waals surface area contributed by atoms with Crippen molar-refractivity contribution in [3.8, 4) is 0 Å². The number of carbonyl (C=O) groups is 1. The Labute approximate surface area is 119 Å². The molecule has 1 aliphatic rings. The zero-order chi connectivity index (χ0) is 14.1. The lowest BCUT2D eigenvalue weighted by Gasteiger charge is -2.24. The Kier molecular flexibility index (Phi) is 3.44. The molecule has 1 amide bonds. The third-order valence-electron chi connectivity index (χ3n) is 3.12. The first kappa shape index (κ1) is 13.1. The summed E-state index contributed by atoms with van der Waals surface area (Å²) in [5, 5.41) is -0.274. The highest BCUT2D eigenvalue weighted by atomic mass is 32.2. The average Bonchev–Trinajstić information content (AvgIpc) is 2.82. The summed E-state index contributed by atoms with van der Waals surface area (Å²) in [5.74, 6) is -1.26. The number of thioether (sulfide) groups is 1. The molecule has 1 fully saturated rings. The normalized spacial score (nSPS) is 18.6. The monoisotopic (exact) mass is 291 g/mol. The van der Waals surface area contributed by atoms with Crippen molar-refractivity contribution in [2.45, 2.75) is 5.37 Å². The molecular formula is C15H11F2NOS. The molecule has 0 aliphatic carbocycles. The number of amides is 1. The molecule has 0 spiro atoms. The van der Waals surface area contributed by atoms with Crippen molar-refractivity contribution < 1.29 is 13.6 Å². The van der Waals surface area contributed by atoms with Crippen molar-refractivity contribution in [2.24, 2.45) is 0 Å². The first-order valence-electron chi connectivity index (χ1n) is 6.10. The molecule has 0 aromatic heterocycles. The highest BCUT2D eigenvalue weighted by Crippen LogP contribution is 2.42. The molecule has 20 heavy (non-hydrogen) atoms. The highest BCUT2D eigenvalue weighted by Gasteiger charge is 2.35. The van der Waals surface area contributed by atoms with Gasteiger partial charge in [-0.05, 0) is 17.7 Å². The number of anilines is 1. The van der Waals surface area contributed by atoms with E-state index in [0.29, 0.717) is 0 Å². The van der Waals surface area contributed by atoms with Gasteiger partial charge in [-0.15, -0.1) is 11.8 Å². The highest BCUT2D eigenvalue weighted by molar-refractivity contribution is 8.00. The molecule has 2 aromatic rings. The van der Waals surface area contributed by atoms with Gasteiger partial charge in [0, 0.05) is 6.07 Å². The molecule has 102 valence electrons. The van der Waals surface area contributed by atoms with Crippen molar-refractivity contribution in [2.75, 3.05) is 10.7 Å². The van der Waals surface area contributed by atoms with E-state index in [0.717, 1.165) is 17.7 Å². The van der Waals surface area contributed by atoms with Crippen LogP contribution in [0.2, 0.25) is 0 Å². The fourth-order valence-corrected chi connectivity index (χ4v) is 3.39. The SMILES string of the molecule is O=C1CS[C@@H](c2ccccc2)N1c1ccc(F)cc1F. The van der Waals surface area contributed by atoms with Crippen LogP contribution in [0.3, 0.4) is 0 Å². The van der Waals surface area contributed by atoms with Crippen LogP contribution in [0.5, 0.6) is 0 Å². The van der Waals surface area contributed by atoms with Crippen molar-refractivity contribution in [3.63, 3.8) is 0 Å². The minimum absolute atomic E-state index is 0.121. The van der Waals surface area contributed by atoms with Gasteiger partial charge in [0.1, 0.15) is 17.0 Å². The summed E-state index contributed by atoms with van der Waals surface area (Å²) in [6.07, 6.45) is 0. The van der Waals surface area contributed by atoms with E-state index < -0.39 is 11.6 Å². The van der Waals surface area contributed by atoms with Crippen LogP contribution < -0.4 is 4.90 Å². The fourth-order valence-electron chi connectivity index (χ4n) is 2.23. The average molecular weight is 291 g/mol. The van der Waals surface area contributed by atoms with Crippen LogP contribution in [0, 0.1) is 11.6 Å². The minimum Gasteiger partial charge on any atom is -0.292 e. The second-order valence-corrected chi connectivity index (χ2v) is 5.50. The molecule has 0 radical (unpaired) electrons. The maximum absolute atomic E-state index is 13.9. The number of nitrogens with zero attached hydrogens (tertiary/aromatic N) is 1. The van der Waals surface area contributed by atoms with Crippen LogP contribution in [-0.2, 0) is 4.79 Å². The van der Waals surface area contributed by atoms with Gasteiger partial charge in [0.05, 0.1) is 11.4 Å². The van der Waals surface area contributed by atoms with Gasteiger partial charge in [-0.3, -0.25) is 9.69 Å². The third kappa shape index (κ3) is 2.29. The predicted octanol–water partition coefficient (Wildman–Crippen LogP) is 3.74. The lowest BCUT2D eigenvalue weighted by Crippen LogP contribution is -2.28. The van der Waals surface area contributed by atoms with Gasteiger partial charge >= 0.3 is 0 Å². The molecule has 1 aliphatic heterocycles. The first-order valence-corrected chi connectivity index (χ1v) is 7.15. The van der Waals surface area contributed by atoms with Gasteiger partial charge < -0.3 is 0 Å². The molecule has 0 unspecified atom stereocenters. The Bertz CT molecular complexity index is 648. The van der Waals surface area contributed by atoms with Crippen LogP contribution in [-0.4, -0.2) is 11.7 Å². The lowest BCUT2D eigenvalue weighted by atomic mass is 10.2. The predicted molar refractivity (Wildman–Crippen MR) is 75.5 cm³/mol. The summed E-state index contributed by atoms with van der Waals surface area (Å²) in [6, 6.07) is 12.7. The van der Waals surface area contributed by atoms with E-state index in [9.17, 15) is 13.6 Å². The Morgan fingerprint density at radius 2 is 1.85 bits per heavy atom. The van der Waals surface area contributed by atoms with E-state index >= 15 is 0 Å². The van der Waals surface area contributed by atoms with E-state index in [-0.39, 0.29) is 22.7 Å². The summed E-state index contributed by atoms with van der Waals surface area (Å²) < 4.78 is 26.9. The number of hydrogen-bond acceptors (Lipinski definition) is 2. The van der Waals surface area contributed by atoms with Gasteiger partial charge in [-0.25, -0.2) is 8.78 Å². The number of hydrogen-bond donors (Lipinski definition) is 0. The van der Waals surface area contributed by atoms with Gasteiger partial charge in [0.2, 0.25) is 5.91 Å². The van der Waals surface area contributed by atoms with E-state index in [1.165, 1.54) is 22.7 Å². The van der Waals surface area contributed by atoms with Gasteiger partial charge in [0.25, 0.3) is 0 Å². The second-order valence-electron chi connectivity index (χ2n) is 4.43. The number of halogens is 2. The Morgan fingerprint density at radius 3 is 2.55 bits per heavy atom. The Balaban J connectivity index is 2.03. The Hall–Kier alpha value is -1.88. The van der Waals surface area contributed by atoms with E-state index in [1.807, 2.05) is 30.3 Å². The van der Waals surface area contributed by atoms with Crippen molar-refractivity contribution in [3.05, 3.63) is 65.7 Å². The number of carbonyl (C=O) groups excluding carboxylic acids is 1. The smallest absolute Gasteiger partial charge is 0.238 e. The van der Waals surface area contributed by atoms with Crippen LogP contribution >= 0.6 is 11.8 Å². The third-order valence-corrected chi connectivity index (χ3v) is 4.33. The molecule has 0 N–H and O–H groups in total. The summed E-state index contributed by atoms with van der Waals surface area (Å²) in [4.78, 5) is 13.4. The number of rotatable bonds is 2. The molecule has 1 saturated heterocycles. The van der Waals surface area contributed by atoms with Gasteiger partial charge in [-0.2, -0.15) is 0 Å². The quantitative estimate of drug-likeness (QED) is 0.840. The van der Waals surface area contributed by atoms with Crippen LogP contribution in [0.1, 0.15) is 10.9 Å². The molecule has 1 atom stereocenters. The molecule has 1 heterocycles. The molecule has 3 rings (SSSR count). The fraction of sp³-hybridized carbons (Fsp3) is 0.133. The molecule has 0 saturated carbocycles. The molecule has 2 nitrogen and oxygen atoms in total. The molecule has 2 aromatic carbocycles. The van der Waals surface area contributed by atoms with Crippen LogP contribution in [0.15, 0.2) is 48.5 Å². The van der Waals surface area contributed by atoms with Gasteiger partial charge in [0.15, 0.2) is 0 Å². The zero-order valence-corrected chi connectivity index (χ0v) is 11.2. The molecule has 0 bridgehead atoms. The minimum atomic E-state index is -0.721. The second kappa shape index (κ2) is 5.25. The maximum atomic E-state index is 13.9. The van der Waals surface area contributed by atoms with Crippen molar-refractivity contribution in [1.82, 2.24) is 0 Å². The summed E-state index contributed by atoms with van der Waals surface area (Å²) in [5.41, 5.74) is 1.04. The summed E-state index contributed by atoms with van der Waals surface area (Å²) >= 11 is 1.44. The molecule has 5 heteroatoms.